The maximum Gasteiger partial charge on any atom is 0.297 e. The molecule has 0 saturated carbocycles. The van der Waals surface area contributed by atoms with Crippen LogP contribution in [0.5, 0.6) is 0 Å². The highest BCUT2D eigenvalue weighted by Crippen LogP contribution is 2.41. The Morgan fingerprint density at radius 1 is 1.04 bits per heavy atom. The number of nitrogens with zero attached hydrogens (tertiary/aromatic N) is 3. The molecule has 28 heavy (non-hydrogen) atoms. The van der Waals surface area contributed by atoms with E-state index in [0.717, 1.165) is 23.5 Å². The van der Waals surface area contributed by atoms with Gasteiger partial charge < -0.3 is 4.42 Å². The molecule has 0 bridgehead atoms. The number of anilines is 1. The van der Waals surface area contributed by atoms with Crippen molar-refractivity contribution in [3.8, 4) is 0 Å². The van der Waals surface area contributed by atoms with Crippen molar-refractivity contribution < 1.29 is 18.0 Å². The Bertz CT molecular complexity index is 1290. The lowest BCUT2D eigenvalue weighted by atomic mass is 9.98. The number of carbonyl (C=O) groups is 1. The Kier molecular flexibility index (Phi) is 3.59. The normalized spacial score (nSPS) is 16.0. The fourth-order valence-electron chi connectivity index (χ4n) is 3.38. The van der Waals surface area contributed by atoms with Crippen LogP contribution in [0.2, 0.25) is 0 Å². The van der Waals surface area contributed by atoms with Gasteiger partial charge in [0.25, 0.3) is 5.91 Å². The summed E-state index contributed by atoms with van der Waals surface area (Å²) in [6.07, 6.45) is 0. The molecule has 3 heterocycles. The molecule has 0 spiro atoms. The monoisotopic (exact) mass is 397 g/mol. The molecule has 1 aliphatic rings. The van der Waals surface area contributed by atoms with Crippen molar-refractivity contribution in [2.45, 2.75) is 6.04 Å². The van der Waals surface area contributed by atoms with E-state index in [9.17, 15) is 18.4 Å². The first-order chi connectivity index (χ1) is 13.5. The average molecular weight is 397 g/mol. The van der Waals surface area contributed by atoms with Crippen molar-refractivity contribution in [3.63, 3.8) is 0 Å². The summed E-state index contributed by atoms with van der Waals surface area (Å²) in [5.74, 6) is -1.76. The van der Waals surface area contributed by atoms with Gasteiger partial charge in [-0.3, -0.25) is 14.5 Å². The first-order valence-electron chi connectivity index (χ1n) is 8.16. The lowest BCUT2D eigenvalue weighted by Crippen LogP contribution is -2.29. The third kappa shape index (κ3) is 2.36. The van der Waals surface area contributed by atoms with E-state index < -0.39 is 29.0 Å². The summed E-state index contributed by atoms with van der Waals surface area (Å²) in [5, 5.41) is 7.98. The molecule has 5 rings (SSSR count). The van der Waals surface area contributed by atoms with Crippen molar-refractivity contribution >= 4 is 33.3 Å². The summed E-state index contributed by atoms with van der Waals surface area (Å²) in [6.45, 7) is 0. The second kappa shape index (κ2) is 6.03. The van der Waals surface area contributed by atoms with Crippen LogP contribution in [0.1, 0.15) is 27.7 Å². The van der Waals surface area contributed by atoms with Crippen molar-refractivity contribution in [1.29, 1.82) is 0 Å². The van der Waals surface area contributed by atoms with Crippen molar-refractivity contribution in [1.82, 2.24) is 10.2 Å². The van der Waals surface area contributed by atoms with Crippen molar-refractivity contribution in [2.75, 3.05) is 4.90 Å². The van der Waals surface area contributed by atoms with E-state index in [1.165, 1.54) is 40.7 Å². The molecule has 1 unspecified atom stereocenters. The summed E-state index contributed by atoms with van der Waals surface area (Å²) in [5.41, 5.74) is 1.59. The standard InChI is InChI=1S/C19H9F2N3O3S/c20-10-3-1-9(2-4-10)15-14-16(25)12-7-11(21)5-6-13(12)27-17(14)18(26)24(15)19-23-22-8-28-19/h1-8,15H. The van der Waals surface area contributed by atoms with Gasteiger partial charge in [-0.2, -0.15) is 0 Å². The zero-order valence-corrected chi connectivity index (χ0v) is 14.7. The van der Waals surface area contributed by atoms with Gasteiger partial charge in [0.2, 0.25) is 10.9 Å². The lowest BCUT2D eigenvalue weighted by molar-refractivity contribution is 0.0970. The Balaban J connectivity index is 1.83. The molecule has 138 valence electrons. The van der Waals surface area contributed by atoms with Gasteiger partial charge in [-0.15, -0.1) is 10.2 Å². The molecule has 0 aliphatic carbocycles. The highest BCUT2D eigenvalue weighted by Gasteiger charge is 2.44. The first-order valence-corrected chi connectivity index (χ1v) is 9.04. The molecular formula is C19H9F2N3O3S. The summed E-state index contributed by atoms with van der Waals surface area (Å²) in [7, 11) is 0. The van der Waals surface area contributed by atoms with Gasteiger partial charge in [0.1, 0.15) is 22.7 Å². The predicted octanol–water partition coefficient (Wildman–Crippen LogP) is 3.67. The van der Waals surface area contributed by atoms with Crippen molar-refractivity contribution in [3.05, 3.63) is 86.7 Å². The number of benzene rings is 2. The van der Waals surface area contributed by atoms with E-state index >= 15 is 0 Å². The van der Waals surface area contributed by atoms with E-state index in [0.29, 0.717) is 5.56 Å². The molecule has 0 radical (unpaired) electrons. The molecular weight excluding hydrogens is 388 g/mol. The van der Waals surface area contributed by atoms with Crippen LogP contribution in [0.4, 0.5) is 13.9 Å². The highest BCUT2D eigenvalue weighted by atomic mass is 32.1. The van der Waals surface area contributed by atoms with Crippen LogP contribution < -0.4 is 10.3 Å². The Labute approximate surface area is 159 Å². The molecule has 0 saturated heterocycles. The van der Waals surface area contributed by atoms with Crippen LogP contribution in [-0.2, 0) is 0 Å². The molecule has 2 aromatic heterocycles. The molecule has 9 heteroatoms. The SMILES string of the molecule is O=C1c2oc3ccc(F)cc3c(=O)c2C(c2ccc(F)cc2)N1c1nncs1. The second-order valence-electron chi connectivity index (χ2n) is 6.17. The molecule has 1 atom stereocenters. The average Bonchev–Trinajstić information content (AvgIpc) is 3.30. The van der Waals surface area contributed by atoms with Gasteiger partial charge >= 0.3 is 0 Å². The zero-order valence-electron chi connectivity index (χ0n) is 13.9. The number of amides is 1. The quantitative estimate of drug-likeness (QED) is 0.516. The van der Waals surface area contributed by atoms with Gasteiger partial charge in [0, 0.05) is 0 Å². The van der Waals surface area contributed by atoms with Gasteiger partial charge in [-0.1, -0.05) is 23.5 Å². The van der Waals surface area contributed by atoms with E-state index in [2.05, 4.69) is 10.2 Å². The minimum Gasteiger partial charge on any atom is -0.450 e. The fraction of sp³-hybridized carbons (Fsp3) is 0.0526. The largest absolute Gasteiger partial charge is 0.450 e. The molecule has 1 amide bonds. The predicted molar refractivity (Wildman–Crippen MR) is 97.4 cm³/mol. The zero-order chi connectivity index (χ0) is 19.4. The lowest BCUT2D eigenvalue weighted by Gasteiger charge is -2.21. The van der Waals surface area contributed by atoms with Crippen LogP contribution >= 0.6 is 11.3 Å². The summed E-state index contributed by atoms with van der Waals surface area (Å²) >= 11 is 1.11. The van der Waals surface area contributed by atoms with Crippen LogP contribution in [0.3, 0.4) is 0 Å². The van der Waals surface area contributed by atoms with E-state index in [4.69, 9.17) is 4.42 Å². The van der Waals surface area contributed by atoms with Crippen molar-refractivity contribution in [2.24, 2.45) is 0 Å². The maximum atomic E-state index is 13.7. The van der Waals surface area contributed by atoms with Gasteiger partial charge in [-0.25, -0.2) is 8.78 Å². The minimum absolute atomic E-state index is 0.0257. The van der Waals surface area contributed by atoms with E-state index in [1.807, 2.05) is 0 Å². The van der Waals surface area contributed by atoms with E-state index in [1.54, 1.807) is 0 Å². The molecule has 1 aliphatic heterocycles. The molecule has 0 fully saturated rings. The summed E-state index contributed by atoms with van der Waals surface area (Å²) < 4.78 is 32.8. The Morgan fingerprint density at radius 2 is 1.79 bits per heavy atom. The Hall–Kier alpha value is -3.46. The third-order valence-electron chi connectivity index (χ3n) is 4.57. The molecule has 6 nitrogen and oxygen atoms in total. The highest BCUT2D eigenvalue weighted by molar-refractivity contribution is 7.13. The van der Waals surface area contributed by atoms with E-state index in [-0.39, 0.29) is 27.4 Å². The number of halogens is 2. The van der Waals surface area contributed by atoms with Crippen LogP contribution in [0, 0.1) is 11.6 Å². The number of carbonyl (C=O) groups excluding carboxylic acids is 1. The summed E-state index contributed by atoms with van der Waals surface area (Å²) in [4.78, 5) is 27.6. The van der Waals surface area contributed by atoms with Gasteiger partial charge in [0.05, 0.1) is 17.0 Å². The van der Waals surface area contributed by atoms with Crippen LogP contribution in [0.15, 0.2) is 57.2 Å². The third-order valence-corrected chi connectivity index (χ3v) is 5.26. The second-order valence-corrected chi connectivity index (χ2v) is 6.98. The number of hydrogen-bond donors (Lipinski definition) is 0. The molecule has 4 aromatic rings. The van der Waals surface area contributed by atoms with Gasteiger partial charge in [0.15, 0.2) is 5.43 Å². The number of rotatable bonds is 2. The smallest absolute Gasteiger partial charge is 0.297 e. The first kappa shape index (κ1) is 16.7. The fourth-order valence-corrected chi connectivity index (χ4v) is 3.96. The van der Waals surface area contributed by atoms with Crippen LogP contribution in [-0.4, -0.2) is 16.1 Å². The van der Waals surface area contributed by atoms with Gasteiger partial charge in [-0.05, 0) is 35.9 Å². The molecule has 2 aromatic carbocycles. The number of fused-ring (bicyclic) bond motifs is 2. The maximum absolute atomic E-state index is 13.7. The number of aromatic nitrogens is 2. The minimum atomic E-state index is -0.889. The topological polar surface area (TPSA) is 76.3 Å². The Morgan fingerprint density at radius 3 is 2.50 bits per heavy atom. The van der Waals surface area contributed by atoms with Crippen LogP contribution in [0.25, 0.3) is 11.0 Å². The number of hydrogen-bond acceptors (Lipinski definition) is 6. The summed E-state index contributed by atoms with van der Waals surface area (Å²) in [6, 6.07) is 8.06. The molecule has 0 N–H and O–H groups in total.